The zero-order valence-corrected chi connectivity index (χ0v) is 24.5. The largest absolute Gasteiger partial charge is 0.467 e. The smallest absolute Gasteiger partial charge is 0.416 e. The van der Waals surface area contributed by atoms with Crippen molar-refractivity contribution in [3.05, 3.63) is 40.3 Å². The van der Waals surface area contributed by atoms with Gasteiger partial charge in [0.25, 0.3) is 0 Å². The van der Waals surface area contributed by atoms with E-state index < -0.39 is 46.2 Å². The molecule has 4 fully saturated rings. The second kappa shape index (κ2) is 12.1. The lowest BCUT2D eigenvalue weighted by Gasteiger charge is -2.40. The fourth-order valence-electron chi connectivity index (χ4n) is 6.93. The van der Waals surface area contributed by atoms with Gasteiger partial charge in [0, 0.05) is 71.6 Å². The minimum Gasteiger partial charge on any atom is -0.467 e. The number of methoxy groups -OCH3 is 1. The lowest BCUT2D eigenvalue weighted by molar-refractivity contribution is -0.140. The van der Waals surface area contributed by atoms with E-state index in [2.05, 4.69) is 20.2 Å². The highest BCUT2D eigenvalue weighted by Crippen LogP contribution is 2.43. The van der Waals surface area contributed by atoms with Gasteiger partial charge in [-0.2, -0.15) is 23.1 Å². The van der Waals surface area contributed by atoms with E-state index in [4.69, 9.17) is 15.2 Å². The van der Waals surface area contributed by atoms with E-state index >= 15 is 0 Å². The molecular weight excluding hydrogens is 595 g/mol. The number of ether oxygens (including phenoxy) is 2. The number of nitrogens with one attached hydrogen (secondary N) is 1. The molecule has 0 spiro atoms. The number of rotatable bonds is 3. The Bertz CT molecular complexity index is 1370. The Morgan fingerprint density at radius 2 is 2.02 bits per heavy atom. The van der Waals surface area contributed by atoms with Crippen LogP contribution in [-0.2, 0) is 34.7 Å². The van der Waals surface area contributed by atoms with Crippen LogP contribution < -0.4 is 20.7 Å². The first-order valence-electron chi connectivity index (χ1n) is 14.5. The van der Waals surface area contributed by atoms with E-state index in [1.54, 1.807) is 0 Å². The summed E-state index contributed by atoms with van der Waals surface area (Å²) in [6, 6.07) is 2.31. The highest BCUT2D eigenvalue weighted by Gasteiger charge is 2.43. The van der Waals surface area contributed by atoms with Gasteiger partial charge in [-0.15, -0.1) is 0 Å². The van der Waals surface area contributed by atoms with E-state index in [9.17, 15) is 26.2 Å². The fraction of sp³-hybridized carbons (Fsp3) is 0.643. The van der Waals surface area contributed by atoms with Gasteiger partial charge in [0.1, 0.15) is 12.0 Å². The lowest BCUT2D eigenvalue weighted by atomic mass is 9.93. The first-order chi connectivity index (χ1) is 20.5. The van der Waals surface area contributed by atoms with E-state index in [-0.39, 0.29) is 36.8 Å². The van der Waals surface area contributed by atoms with E-state index in [1.807, 2.05) is 4.90 Å². The fourth-order valence-corrected chi connectivity index (χ4v) is 8.60. The molecule has 15 heteroatoms. The van der Waals surface area contributed by atoms with E-state index in [0.29, 0.717) is 54.3 Å². The molecule has 1 aromatic carbocycles. The van der Waals surface area contributed by atoms with Gasteiger partial charge < -0.3 is 25.4 Å². The molecule has 2 aromatic rings. The number of hydrogen-bond donors (Lipinski definition) is 2. The average molecular weight is 631 g/mol. The van der Waals surface area contributed by atoms with Crippen LogP contribution in [0.4, 0.5) is 33.5 Å². The summed E-state index contributed by atoms with van der Waals surface area (Å²) in [7, 11) is 0.433. The molecule has 236 valence electrons. The molecule has 3 N–H and O–H groups in total. The molecule has 6 atom stereocenters. The summed E-state index contributed by atoms with van der Waals surface area (Å²) >= 11 is 0. The average Bonchev–Trinajstić information content (AvgIpc) is 3.66. The second-order valence-electron chi connectivity index (χ2n) is 11.6. The molecule has 0 aliphatic carbocycles. The van der Waals surface area contributed by atoms with Crippen LogP contribution in [0.5, 0.6) is 6.01 Å². The van der Waals surface area contributed by atoms with Gasteiger partial charge in [-0.05, 0) is 37.9 Å². The highest BCUT2D eigenvalue weighted by atomic mass is 32.2. The zero-order chi connectivity index (χ0) is 30.5. The minimum atomic E-state index is -4.78. The number of fused-ring (bicyclic) bond motifs is 3. The van der Waals surface area contributed by atoms with Crippen LogP contribution in [0.25, 0.3) is 0 Å². The van der Waals surface area contributed by atoms with Crippen LogP contribution in [0.2, 0.25) is 0 Å². The summed E-state index contributed by atoms with van der Waals surface area (Å²) in [4.78, 5) is 13.2. The van der Waals surface area contributed by atoms with Crippen LogP contribution in [0.1, 0.15) is 47.8 Å². The summed E-state index contributed by atoms with van der Waals surface area (Å²) < 4.78 is 91.6. The van der Waals surface area contributed by atoms with Crippen molar-refractivity contribution < 1.29 is 35.6 Å². The summed E-state index contributed by atoms with van der Waals surface area (Å²) in [5, 5.41) is 3.38. The molecule has 0 saturated carbocycles. The number of nitrogen functional groups attached to an aromatic ring is 1. The van der Waals surface area contributed by atoms with Crippen molar-refractivity contribution >= 4 is 22.3 Å². The predicted octanol–water partition coefficient (Wildman–Crippen LogP) is 3.14. The first-order valence-corrected chi connectivity index (χ1v) is 16.0. The minimum absolute atomic E-state index is 0.0409. The standard InChI is InChI=1S/C21H23F4N5O3S.C7H12FN/c1-32-20-28-13-6-16(17-11(21(23,24)25)2-3-12(26)18(17)22)33-7-10(13)19(29-20)30-5-4-27-14-8-34(31)9-15(14)30;8-6-4-7-2-1-3-9(7)5-6/h2-3,14-16,27H,4-9,26H2,1H3;6-7H,1-5H2. The van der Waals surface area contributed by atoms with Crippen molar-refractivity contribution in [1.29, 1.82) is 0 Å². The van der Waals surface area contributed by atoms with Crippen LogP contribution >= 0.6 is 0 Å². The number of piperazine rings is 1. The third-order valence-electron chi connectivity index (χ3n) is 8.96. The summed E-state index contributed by atoms with van der Waals surface area (Å²) in [5.74, 6) is 0.410. The van der Waals surface area contributed by atoms with E-state index in [0.717, 1.165) is 25.1 Å². The Morgan fingerprint density at radius 3 is 2.77 bits per heavy atom. The number of nitrogens with two attached hydrogens (primary N) is 1. The molecule has 0 radical (unpaired) electrons. The van der Waals surface area contributed by atoms with Gasteiger partial charge in [0.2, 0.25) is 0 Å². The Labute approximate surface area is 248 Å². The Balaban J connectivity index is 0.000000310. The molecule has 6 unspecified atom stereocenters. The second-order valence-corrected chi connectivity index (χ2v) is 13.2. The number of benzene rings is 1. The topological polar surface area (TPSA) is 106 Å². The molecule has 0 bridgehead atoms. The summed E-state index contributed by atoms with van der Waals surface area (Å²) in [6.45, 7) is 2.99. The first kappa shape index (κ1) is 30.4. The molecule has 7 rings (SSSR count). The molecule has 1 aromatic heterocycles. The van der Waals surface area contributed by atoms with Crippen LogP contribution in [0.15, 0.2) is 12.1 Å². The van der Waals surface area contributed by atoms with Gasteiger partial charge in [-0.1, -0.05) is 0 Å². The maximum atomic E-state index is 14.8. The van der Waals surface area contributed by atoms with Gasteiger partial charge in [0.15, 0.2) is 5.82 Å². The van der Waals surface area contributed by atoms with Crippen molar-refractivity contribution in [3.8, 4) is 6.01 Å². The lowest BCUT2D eigenvalue weighted by Crippen LogP contribution is -2.58. The SMILES string of the molecule is COc1nc2c(c(N3CCNC4CS(=O)CC43)n1)COC(c1c(C(F)(F)F)ccc(N)c1F)C2.FC1CC2CCCN2C1. The molecule has 4 saturated heterocycles. The molecule has 9 nitrogen and oxygen atoms in total. The van der Waals surface area contributed by atoms with Gasteiger partial charge in [0.05, 0.1) is 42.8 Å². The van der Waals surface area contributed by atoms with Crippen LogP contribution in [0.3, 0.4) is 0 Å². The maximum absolute atomic E-state index is 14.8. The van der Waals surface area contributed by atoms with Gasteiger partial charge >= 0.3 is 12.2 Å². The molecule has 0 amide bonds. The molecular formula is C28H35F5N6O3S. The van der Waals surface area contributed by atoms with Gasteiger partial charge in [-0.25, -0.2) is 8.78 Å². The summed E-state index contributed by atoms with van der Waals surface area (Å²) in [5.41, 5.74) is 4.45. The molecule has 6 heterocycles. The third-order valence-corrected chi connectivity index (χ3v) is 10.4. The van der Waals surface area contributed by atoms with Crippen molar-refractivity contribution in [2.75, 3.05) is 55.4 Å². The molecule has 5 aliphatic rings. The Morgan fingerprint density at radius 1 is 1.21 bits per heavy atom. The molecule has 5 aliphatic heterocycles. The normalized spacial score (nSPS) is 30.3. The molecule has 43 heavy (non-hydrogen) atoms. The number of anilines is 2. The number of alkyl halides is 4. The van der Waals surface area contributed by atoms with Crippen LogP contribution in [-0.4, -0.2) is 88.2 Å². The number of hydrogen-bond acceptors (Lipinski definition) is 9. The van der Waals surface area contributed by atoms with Crippen molar-refractivity contribution in [2.24, 2.45) is 0 Å². The van der Waals surface area contributed by atoms with Crippen LogP contribution in [0, 0.1) is 5.82 Å². The predicted molar refractivity (Wildman–Crippen MR) is 151 cm³/mol. The van der Waals surface area contributed by atoms with Crippen molar-refractivity contribution in [3.63, 3.8) is 0 Å². The monoisotopic (exact) mass is 630 g/mol. The van der Waals surface area contributed by atoms with Crippen molar-refractivity contribution in [1.82, 2.24) is 20.2 Å². The highest BCUT2D eigenvalue weighted by molar-refractivity contribution is 7.85. The number of aromatic nitrogens is 2. The van der Waals surface area contributed by atoms with Gasteiger partial charge in [-0.3, -0.25) is 9.11 Å². The zero-order valence-electron chi connectivity index (χ0n) is 23.7. The Hall–Kier alpha value is -2.62. The summed E-state index contributed by atoms with van der Waals surface area (Å²) in [6.07, 6.45) is -3.32. The van der Waals surface area contributed by atoms with Crippen molar-refractivity contribution in [2.45, 2.75) is 68.9 Å². The Kier molecular flexibility index (Phi) is 8.52. The maximum Gasteiger partial charge on any atom is 0.416 e. The number of halogens is 5. The third kappa shape index (κ3) is 6.05. The quantitative estimate of drug-likeness (QED) is 0.391. The number of nitrogens with zero attached hydrogens (tertiary/aromatic N) is 4. The van der Waals surface area contributed by atoms with E-state index in [1.165, 1.54) is 20.0 Å².